The summed E-state index contributed by atoms with van der Waals surface area (Å²) >= 11 is 0. The van der Waals surface area contributed by atoms with E-state index in [2.05, 4.69) is 5.32 Å². The summed E-state index contributed by atoms with van der Waals surface area (Å²) in [4.78, 5) is 11.7. The van der Waals surface area contributed by atoms with Crippen LogP contribution < -0.4 is 10.8 Å². The lowest BCUT2D eigenvalue weighted by molar-refractivity contribution is 0.00578. The predicted octanol–water partition coefficient (Wildman–Crippen LogP) is 3.15. The van der Waals surface area contributed by atoms with Gasteiger partial charge in [-0.15, -0.1) is 0 Å². The quantitative estimate of drug-likeness (QED) is 0.850. The van der Waals surface area contributed by atoms with Crippen molar-refractivity contribution >= 4 is 18.7 Å². The van der Waals surface area contributed by atoms with Crippen LogP contribution in [-0.2, 0) is 20.6 Å². The number of halogens is 1. The van der Waals surface area contributed by atoms with Crippen LogP contribution >= 0.6 is 0 Å². The lowest BCUT2D eigenvalue weighted by Gasteiger charge is -2.32. The lowest BCUT2D eigenvalue weighted by atomic mass is 9.78. The number of ether oxygens (including phenoxy) is 1. The normalized spacial score (nSPS) is 19.0. The van der Waals surface area contributed by atoms with Gasteiger partial charge in [-0.1, -0.05) is 18.2 Å². The Labute approximate surface area is 149 Å². The molecule has 0 unspecified atom stereocenters. The van der Waals surface area contributed by atoms with Gasteiger partial charge in [0, 0.05) is 17.6 Å². The molecule has 2 rings (SSSR count). The number of amides is 1. The number of hydrogen-bond acceptors (Lipinski definition) is 4. The molecular weight excluding hydrogens is 324 g/mol. The first kappa shape index (κ1) is 19.7. The molecule has 1 aliphatic heterocycles. The second-order valence-electron chi connectivity index (χ2n) is 8.26. The first-order valence-electron chi connectivity index (χ1n) is 8.42. The summed E-state index contributed by atoms with van der Waals surface area (Å²) in [5.41, 5.74) is -1.03. The van der Waals surface area contributed by atoms with Crippen LogP contribution in [0.4, 0.5) is 9.18 Å². The first-order valence-corrected chi connectivity index (χ1v) is 8.42. The first-order chi connectivity index (χ1) is 11.3. The standard InChI is InChI=1S/C18H27BFNO4/c1-16(2,3)23-15(22)21-11-12-9-8-10-13(14(12)20)19-24-17(4,5)18(6,7)25-19/h8-10H,11H2,1-7H3,(H,21,22). The molecule has 5 nitrogen and oxygen atoms in total. The molecule has 25 heavy (non-hydrogen) atoms. The predicted molar refractivity (Wildman–Crippen MR) is 95.2 cm³/mol. The van der Waals surface area contributed by atoms with Crippen molar-refractivity contribution in [3.8, 4) is 0 Å². The third-order valence-corrected chi connectivity index (χ3v) is 4.44. The fourth-order valence-electron chi connectivity index (χ4n) is 2.37. The van der Waals surface area contributed by atoms with Gasteiger partial charge in [0.15, 0.2) is 0 Å². The van der Waals surface area contributed by atoms with Crippen molar-refractivity contribution < 1.29 is 23.2 Å². The number of benzene rings is 1. The molecule has 0 spiro atoms. The molecule has 1 aromatic carbocycles. The van der Waals surface area contributed by atoms with Crippen LogP contribution in [0.2, 0.25) is 0 Å². The van der Waals surface area contributed by atoms with E-state index in [0.717, 1.165) is 0 Å². The minimum Gasteiger partial charge on any atom is -0.444 e. The Hall–Kier alpha value is -1.60. The molecule has 0 aliphatic carbocycles. The van der Waals surface area contributed by atoms with E-state index < -0.39 is 35.8 Å². The zero-order valence-electron chi connectivity index (χ0n) is 16.0. The highest BCUT2D eigenvalue weighted by atomic mass is 19.1. The van der Waals surface area contributed by atoms with Gasteiger partial charge in [0.05, 0.1) is 11.2 Å². The SMILES string of the molecule is CC(C)(C)OC(=O)NCc1cccc(B2OC(C)(C)C(C)(C)O2)c1F. The average Bonchev–Trinajstić information content (AvgIpc) is 2.64. The minimum absolute atomic E-state index is 0.0219. The largest absolute Gasteiger partial charge is 0.497 e. The van der Waals surface area contributed by atoms with Gasteiger partial charge in [-0.3, -0.25) is 0 Å². The number of alkyl carbamates (subject to hydrolysis) is 1. The van der Waals surface area contributed by atoms with Gasteiger partial charge in [-0.05, 0) is 48.5 Å². The highest BCUT2D eigenvalue weighted by Crippen LogP contribution is 2.36. The summed E-state index contributed by atoms with van der Waals surface area (Å²) in [5.74, 6) is -0.447. The van der Waals surface area contributed by atoms with Crippen molar-refractivity contribution in [3.63, 3.8) is 0 Å². The fourth-order valence-corrected chi connectivity index (χ4v) is 2.37. The molecule has 1 N–H and O–H groups in total. The third kappa shape index (κ3) is 4.52. The fraction of sp³-hybridized carbons (Fsp3) is 0.611. The number of nitrogens with one attached hydrogen (secondary N) is 1. The molecule has 1 fully saturated rings. The van der Waals surface area contributed by atoms with E-state index in [9.17, 15) is 9.18 Å². The van der Waals surface area contributed by atoms with Crippen LogP contribution in [0, 0.1) is 5.82 Å². The molecule has 1 aromatic rings. The monoisotopic (exact) mass is 351 g/mol. The maximum absolute atomic E-state index is 14.9. The van der Waals surface area contributed by atoms with Crippen molar-refractivity contribution in [3.05, 3.63) is 29.6 Å². The molecule has 0 radical (unpaired) electrons. The van der Waals surface area contributed by atoms with E-state index in [4.69, 9.17) is 14.0 Å². The van der Waals surface area contributed by atoms with Gasteiger partial charge in [0.25, 0.3) is 0 Å². The van der Waals surface area contributed by atoms with Crippen LogP contribution in [0.5, 0.6) is 0 Å². The molecule has 0 bridgehead atoms. The highest BCUT2D eigenvalue weighted by Gasteiger charge is 2.52. The second kappa shape index (κ2) is 6.61. The van der Waals surface area contributed by atoms with Crippen LogP contribution in [0.3, 0.4) is 0 Å². The van der Waals surface area contributed by atoms with Crippen LogP contribution in [0.15, 0.2) is 18.2 Å². The van der Waals surface area contributed by atoms with Crippen LogP contribution in [-0.4, -0.2) is 30.0 Å². The molecule has 1 aliphatic rings. The van der Waals surface area contributed by atoms with Gasteiger partial charge in [0.1, 0.15) is 11.4 Å². The topological polar surface area (TPSA) is 56.8 Å². The number of hydrogen-bond donors (Lipinski definition) is 1. The highest BCUT2D eigenvalue weighted by molar-refractivity contribution is 6.62. The van der Waals surface area contributed by atoms with Gasteiger partial charge in [0.2, 0.25) is 0 Å². The minimum atomic E-state index is -0.786. The van der Waals surface area contributed by atoms with Gasteiger partial charge in [-0.2, -0.15) is 0 Å². The van der Waals surface area contributed by atoms with E-state index in [1.807, 2.05) is 27.7 Å². The molecule has 1 saturated heterocycles. The Morgan fingerprint density at radius 1 is 1.20 bits per heavy atom. The molecule has 0 atom stereocenters. The molecular formula is C18H27BFNO4. The van der Waals surface area contributed by atoms with Crippen molar-refractivity contribution in [1.82, 2.24) is 5.32 Å². The smallest absolute Gasteiger partial charge is 0.444 e. The van der Waals surface area contributed by atoms with E-state index in [-0.39, 0.29) is 6.54 Å². The van der Waals surface area contributed by atoms with Crippen molar-refractivity contribution in [2.24, 2.45) is 0 Å². The summed E-state index contributed by atoms with van der Waals surface area (Å²) in [5, 5.41) is 2.56. The summed E-state index contributed by atoms with van der Waals surface area (Å²) in [7, 11) is -0.786. The average molecular weight is 351 g/mol. The van der Waals surface area contributed by atoms with E-state index in [0.29, 0.717) is 11.0 Å². The van der Waals surface area contributed by atoms with E-state index in [1.165, 1.54) is 0 Å². The zero-order chi connectivity index (χ0) is 19.0. The van der Waals surface area contributed by atoms with Crippen LogP contribution in [0.1, 0.15) is 54.0 Å². The molecule has 0 aromatic heterocycles. The van der Waals surface area contributed by atoms with Gasteiger partial charge < -0.3 is 19.4 Å². The van der Waals surface area contributed by atoms with E-state index >= 15 is 0 Å². The molecule has 7 heteroatoms. The summed E-state index contributed by atoms with van der Waals surface area (Å²) in [6.45, 7) is 13.0. The van der Waals surface area contributed by atoms with E-state index in [1.54, 1.807) is 39.0 Å². The van der Waals surface area contributed by atoms with Gasteiger partial charge >= 0.3 is 13.2 Å². The molecule has 1 heterocycles. The Morgan fingerprint density at radius 3 is 2.28 bits per heavy atom. The Morgan fingerprint density at radius 2 is 1.76 bits per heavy atom. The Bertz CT molecular complexity index is 639. The van der Waals surface area contributed by atoms with Crippen LogP contribution in [0.25, 0.3) is 0 Å². The molecule has 138 valence electrons. The third-order valence-electron chi connectivity index (χ3n) is 4.44. The Balaban J connectivity index is 2.12. The van der Waals surface area contributed by atoms with Gasteiger partial charge in [-0.25, -0.2) is 9.18 Å². The number of rotatable bonds is 3. The van der Waals surface area contributed by atoms with Crippen molar-refractivity contribution in [2.45, 2.75) is 71.8 Å². The lowest BCUT2D eigenvalue weighted by Crippen LogP contribution is -2.41. The number of carbonyl (C=O) groups excluding carboxylic acids is 1. The molecule has 1 amide bonds. The maximum atomic E-state index is 14.9. The maximum Gasteiger partial charge on any atom is 0.497 e. The van der Waals surface area contributed by atoms with Crippen molar-refractivity contribution in [1.29, 1.82) is 0 Å². The molecule has 0 saturated carbocycles. The summed E-state index contributed by atoms with van der Waals surface area (Å²) < 4.78 is 31.8. The van der Waals surface area contributed by atoms with Crippen molar-refractivity contribution in [2.75, 3.05) is 0 Å². The second-order valence-corrected chi connectivity index (χ2v) is 8.26. The summed E-state index contributed by atoms with van der Waals surface area (Å²) in [6, 6.07) is 4.96. The zero-order valence-corrected chi connectivity index (χ0v) is 16.0. The number of carbonyl (C=O) groups is 1. The summed E-state index contributed by atoms with van der Waals surface area (Å²) in [6.07, 6.45) is -0.590. The Kier molecular flexibility index (Phi) is 5.22.